The lowest BCUT2D eigenvalue weighted by atomic mass is 10.1. The molecular weight excluding hydrogens is 355 g/mol. The Morgan fingerprint density at radius 2 is 2.08 bits per heavy atom. The van der Waals surface area contributed by atoms with Crippen LogP contribution in [0.15, 0.2) is 41.8 Å². The van der Waals surface area contributed by atoms with Crippen LogP contribution in [0, 0.1) is 5.82 Å². The van der Waals surface area contributed by atoms with Gasteiger partial charge in [0.2, 0.25) is 11.8 Å². The Bertz CT molecular complexity index is 785. The van der Waals surface area contributed by atoms with E-state index >= 15 is 0 Å². The summed E-state index contributed by atoms with van der Waals surface area (Å²) in [5.74, 6) is -0.605. The Hall–Kier alpha value is -2.35. The van der Waals surface area contributed by atoms with Crippen LogP contribution in [-0.2, 0) is 9.59 Å². The first-order valence-corrected chi connectivity index (χ1v) is 9.11. The van der Waals surface area contributed by atoms with E-state index in [0.29, 0.717) is 10.8 Å². The van der Waals surface area contributed by atoms with Gasteiger partial charge in [0, 0.05) is 25.0 Å². The van der Waals surface area contributed by atoms with Gasteiger partial charge in [0.05, 0.1) is 18.0 Å². The summed E-state index contributed by atoms with van der Waals surface area (Å²) in [4.78, 5) is 29.8. The SMILES string of the molecule is CN(CC(=O)NC(C)(C)C)C(=O)CSc1nccn1-c1cccc(F)c1. The molecule has 140 valence electrons. The van der Waals surface area contributed by atoms with Gasteiger partial charge in [-0.05, 0) is 39.0 Å². The van der Waals surface area contributed by atoms with E-state index in [-0.39, 0.29) is 35.5 Å². The molecule has 0 saturated heterocycles. The van der Waals surface area contributed by atoms with Crippen molar-refractivity contribution in [3.8, 4) is 5.69 Å². The first-order chi connectivity index (χ1) is 12.2. The predicted molar refractivity (Wildman–Crippen MR) is 99.8 cm³/mol. The zero-order chi connectivity index (χ0) is 19.3. The van der Waals surface area contributed by atoms with E-state index in [2.05, 4.69) is 10.3 Å². The molecule has 8 heteroatoms. The Labute approximate surface area is 156 Å². The number of nitrogens with one attached hydrogen (secondary N) is 1. The number of hydrogen-bond donors (Lipinski definition) is 1. The molecule has 0 aliphatic heterocycles. The van der Waals surface area contributed by atoms with Crippen LogP contribution in [0.25, 0.3) is 5.69 Å². The van der Waals surface area contributed by atoms with Crippen LogP contribution >= 0.6 is 11.8 Å². The maximum Gasteiger partial charge on any atom is 0.240 e. The number of carbonyl (C=O) groups is 2. The molecule has 0 spiro atoms. The first kappa shape index (κ1) is 20.0. The number of rotatable bonds is 6. The minimum atomic E-state index is -0.342. The van der Waals surface area contributed by atoms with Crippen molar-refractivity contribution >= 4 is 23.6 Å². The van der Waals surface area contributed by atoms with Gasteiger partial charge in [0.1, 0.15) is 5.82 Å². The molecule has 0 aliphatic rings. The van der Waals surface area contributed by atoms with Crippen LogP contribution in [0.3, 0.4) is 0 Å². The van der Waals surface area contributed by atoms with E-state index in [1.165, 1.54) is 28.8 Å². The summed E-state index contributed by atoms with van der Waals surface area (Å²) in [6, 6.07) is 6.15. The van der Waals surface area contributed by atoms with Gasteiger partial charge in [-0.2, -0.15) is 0 Å². The number of carbonyl (C=O) groups excluding carboxylic acids is 2. The molecule has 1 heterocycles. The second-order valence-electron chi connectivity index (χ2n) is 6.90. The normalized spacial score (nSPS) is 11.3. The number of imidazole rings is 1. The fourth-order valence-electron chi connectivity index (χ4n) is 2.22. The van der Waals surface area contributed by atoms with Gasteiger partial charge >= 0.3 is 0 Å². The van der Waals surface area contributed by atoms with Crippen molar-refractivity contribution in [2.24, 2.45) is 0 Å². The Morgan fingerprint density at radius 1 is 1.35 bits per heavy atom. The van der Waals surface area contributed by atoms with Crippen molar-refractivity contribution in [3.05, 3.63) is 42.5 Å². The zero-order valence-electron chi connectivity index (χ0n) is 15.3. The van der Waals surface area contributed by atoms with E-state index in [4.69, 9.17) is 0 Å². The van der Waals surface area contributed by atoms with Gasteiger partial charge < -0.3 is 10.2 Å². The van der Waals surface area contributed by atoms with Crippen molar-refractivity contribution in [1.82, 2.24) is 19.8 Å². The molecule has 1 aromatic heterocycles. The largest absolute Gasteiger partial charge is 0.350 e. The number of likely N-dealkylation sites (N-methyl/N-ethyl adjacent to an activating group) is 1. The Morgan fingerprint density at radius 3 is 2.73 bits per heavy atom. The van der Waals surface area contributed by atoms with E-state index in [9.17, 15) is 14.0 Å². The fourth-order valence-corrected chi connectivity index (χ4v) is 3.13. The van der Waals surface area contributed by atoms with Crippen molar-refractivity contribution in [2.75, 3.05) is 19.3 Å². The van der Waals surface area contributed by atoms with E-state index < -0.39 is 0 Å². The second kappa shape index (κ2) is 8.35. The lowest BCUT2D eigenvalue weighted by Gasteiger charge is -2.23. The van der Waals surface area contributed by atoms with Crippen LogP contribution in [0.4, 0.5) is 4.39 Å². The van der Waals surface area contributed by atoms with Crippen molar-refractivity contribution in [2.45, 2.75) is 31.5 Å². The zero-order valence-corrected chi connectivity index (χ0v) is 16.1. The van der Waals surface area contributed by atoms with Gasteiger partial charge in [0.25, 0.3) is 0 Å². The lowest BCUT2D eigenvalue weighted by molar-refractivity contribution is -0.133. The van der Waals surface area contributed by atoms with E-state index in [1.54, 1.807) is 36.1 Å². The first-order valence-electron chi connectivity index (χ1n) is 8.13. The number of benzene rings is 1. The van der Waals surface area contributed by atoms with Crippen LogP contribution in [0.2, 0.25) is 0 Å². The van der Waals surface area contributed by atoms with Crippen LogP contribution in [0.1, 0.15) is 20.8 Å². The Kier molecular flexibility index (Phi) is 6.42. The number of hydrogen-bond acceptors (Lipinski definition) is 4. The predicted octanol–water partition coefficient (Wildman–Crippen LogP) is 2.48. The highest BCUT2D eigenvalue weighted by molar-refractivity contribution is 7.99. The average Bonchev–Trinajstić information content (AvgIpc) is 2.99. The number of halogens is 1. The summed E-state index contributed by atoms with van der Waals surface area (Å²) >= 11 is 1.24. The summed E-state index contributed by atoms with van der Waals surface area (Å²) < 4.78 is 15.1. The molecule has 1 N–H and O–H groups in total. The quantitative estimate of drug-likeness (QED) is 0.784. The molecule has 0 radical (unpaired) electrons. The molecule has 0 aliphatic carbocycles. The van der Waals surface area contributed by atoms with Crippen LogP contribution < -0.4 is 5.32 Å². The van der Waals surface area contributed by atoms with Crippen molar-refractivity contribution in [3.63, 3.8) is 0 Å². The number of thioether (sulfide) groups is 1. The van der Waals surface area contributed by atoms with Crippen molar-refractivity contribution in [1.29, 1.82) is 0 Å². The number of aromatic nitrogens is 2. The van der Waals surface area contributed by atoms with Gasteiger partial charge in [-0.1, -0.05) is 17.8 Å². The molecule has 26 heavy (non-hydrogen) atoms. The molecule has 0 atom stereocenters. The molecule has 0 bridgehead atoms. The average molecular weight is 378 g/mol. The molecule has 2 amide bonds. The summed E-state index contributed by atoms with van der Waals surface area (Å²) in [6.45, 7) is 5.65. The highest BCUT2D eigenvalue weighted by Crippen LogP contribution is 2.21. The fraction of sp³-hybridized carbons (Fsp3) is 0.389. The smallest absolute Gasteiger partial charge is 0.240 e. The molecule has 2 aromatic rings. The third-order valence-corrected chi connectivity index (χ3v) is 4.29. The topological polar surface area (TPSA) is 67.2 Å². The molecule has 0 saturated carbocycles. The summed E-state index contributed by atoms with van der Waals surface area (Å²) in [5, 5.41) is 3.40. The molecular formula is C18H23FN4O2S. The second-order valence-corrected chi connectivity index (χ2v) is 7.84. The maximum absolute atomic E-state index is 13.4. The number of nitrogens with zero attached hydrogens (tertiary/aromatic N) is 3. The van der Waals surface area contributed by atoms with Crippen LogP contribution in [-0.4, -0.2) is 51.1 Å². The summed E-state index contributed by atoms with van der Waals surface area (Å²) in [6.07, 6.45) is 3.31. The highest BCUT2D eigenvalue weighted by atomic mass is 32.2. The third kappa shape index (κ3) is 5.87. The summed E-state index contributed by atoms with van der Waals surface area (Å²) in [5.41, 5.74) is 0.293. The van der Waals surface area contributed by atoms with E-state index in [1.807, 2.05) is 20.8 Å². The molecule has 0 fully saturated rings. The molecule has 2 rings (SSSR count). The van der Waals surface area contributed by atoms with E-state index in [0.717, 1.165) is 0 Å². The molecule has 1 aromatic carbocycles. The third-order valence-electron chi connectivity index (χ3n) is 3.34. The van der Waals surface area contributed by atoms with Gasteiger partial charge in [-0.25, -0.2) is 9.37 Å². The summed E-state index contributed by atoms with van der Waals surface area (Å²) in [7, 11) is 1.59. The lowest BCUT2D eigenvalue weighted by Crippen LogP contribution is -2.46. The van der Waals surface area contributed by atoms with Gasteiger partial charge in [0.15, 0.2) is 5.16 Å². The monoisotopic (exact) mass is 378 g/mol. The highest BCUT2D eigenvalue weighted by Gasteiger charge is 2.18. The van der Waals surface area contributed by atoms with Gasteiger partial charge in [-0.15, -0.1) is 0 Å². The Balaban J connectivity index is 1.94. The minimum absolute atomic E-state index is 0.00496. The number of amides is 2. The maximum atomic E-state index is 13.4. The molecule has 6 nitrogen and oxygen atoms in total. The minimum Gasteiger partial charge on any atom is -0.350 e. The molecule has 0 unspecified atom stereocenters. The van der Waals surface area contributed by atoms with Crippen LogP contribution in [0.5, 0.6) is 0 Å². The van der Waals surface area contributed by atoms with Crippen molar-refractivity contribution < 1.29 is 14.0 Å². The van der Waals surface area contributed by atoms with Gasteiger partial charge in [-0.3, -0.25) is 14.2 Å². The standard InChI is InChI=1S/C18H23FN4O2S/c1-18(2,3)21-15(24)11-22(4)16(25)12-26-17-20-8-9-23(17)14-7-5-6-13(19)10-14/h5-10H,11-12H2,1-4H3,(H,21,24).